The van der Waals surface area contributed by atoms with Crippen LogP contribution in [0, 0.1) is 20.8 Å². The maximum atomic E-state index is 13.6. The van der Waals surface area contributed by atoms with Gasteiger partial charge in [-0.3, -0.25) is 10.00 Å². The number of halogens is 3. The van der Waals surface area contributed by atoms with E-state index in [0.717, 1.165) is 60.6 Å². The molecular formula is C32H34F3N7O3. The van der Waals surface area contributed by atoms with E-state index >= 15 is 0 Å². The van der Waals surface area contributed by atoms with Gasteiger partial charge in [0.25, 0.3) is 0 Å². The largest absolute Gasteiger partial charge is 0.481 e. The molecule has 0 aliphatic carbocycles. The van der Waals surface area contributed by atoms with Gasteiger partial charge in [-0.2, -0.15) is 18.3 Å². The number of carbonyl (C=O) groups is 1. The van der Waals surface area contributed by atoms with E-state index < -0.39 is 30.0 Å². The van der Waals surface area contributed by atoms with Crippen molar-refractivity contribution in [1.29, 1.82) is 0 Å². The van der Waals surface area contributed by atoms with Crippen LogP contribution in [0.15, 0.2) is 36.7 Å². The number of nitrogens with one attached hydrogen (secondary N) is 1. The Balaban J connectivity index is 1.41. The Labute approximate surface area is 258 Å². The van der Waals surface area contributed by atoms with E-state index in [1.54, 1.807) is 32.3 Å². The Bertz CT molecular complexity index is 1730. The molecule has 13 heteroatoms. The average Bonchev–Trinajstić information content (AvgIpc) is 3.73. The van der Waals surface area contributed by atoms with Gasteiger partial charge >= 0.3 is 12.3 Å². The Morgan fingerprint density at radius 3 is 2.47 bits per heavy atom. The number of aromatic amines is 1. The van der Waals surface area contributed by atoms with Crippen LogP contribution in [-0.2, 0) is 17.5 Å². The van der Waals surface area contributed by atoms with Crippen molar-refractivity contribution in [2.24, 2.45) is 0 Å². The van der Waals surface area contributed by atoms with Crippen LogP contribution >= 0.6 is 0 Å². The lowest BCUT2D eigenvalue weighted by Gasteiger charge is -2.24. The number of benzene rings is 1. The normalized spacial score (nSPS) is 18.5. The monoisotopic (exact) mass is 621 g/mol. The summed E-state index contributed by atoms with van der Waals surface area (Å²) in [5, 5.41) is 7.32. The summed E-state index contributed by atoms with van der Waals surface area (Å²) in [6.07, 6.45) is -0.577. The summed E-state index contributed by atoms with van der Waals surface area (Å²) in [5.74, 6) is 0.895. The molecule has 0 unspecified atom stereocenters. The summed E-state index contributed by atoms with van der Waals surface area (Å²) in [6, 6.07) is 5.11. The molecule has 4 aromatic rings. The standard InChI is InChI=1S/C32H34F3N7O3/c1-17-10-21(12-23(11-17)32(33,34)35)28-20(4)42(31(43)45-28)16-26-25(15-37-30(38-26)41-8-6-7-9-41)24-13-22(14-36-29(24)44-5)27-18(2)39-40-19(27)3/h10-15,20,28H,6-9,16H2,1-5H3,(H,39,40)/t20-,28-/m0/s1. The first-order valence-electron chi connectivity index (χ1n) is 14.8. The van der Waals surface area contributed by atoms with E-state index in [2.05, 4.69) is 25.1 Å². The fourth-order valence-corrected chi connectivity index (χ4v) is 6.20. The van der Waals surface area contributed by atoms with Crippen LogP contribution in [0.25, 0.3) is 22.3 Å². The number of aryl methyl sites for hydroxylation is 3. The first kappa shape index (κ1) is 30.4. The molecule has 236 valence electrons. The van der Waals surface area contributed by atoms with Crippen LogP contribution in [0.2, 0.25) is 0 Å². The number of aromatic nitrogens is 5. The number of anilines is 1. The zero-order chi connectivity index (χ0) is 32.0. The lowest BCUT2D eigenvalue weighted by Crippen LogP contribution is -2.32. The van der Waals surface area contributed by atoms with Crippen LogP contribution < -0.4 is 9.64 Å². The molecule has 1 aromatic carbocycles. The number of hydrogen-bond donors (Lipinski definition) is 1. The van der Waals surface area contributed by atoms with Crippen LogP contribution in [0.4, 0.5) is 23.9 Å². The van der Waals surface area contributed by atoms with Gasteiger partial charge in [-0.1, -0.05) is 11.6 Å². The quantitative estimate of drug-likeness (QED) is 0.247. The minimum absolute atomic E-state index is 0.0320. The van der Waals surface area contributed by atoms with Crippen LogP contribution in [0.3, 0.4) is 0 Å². The van der Waals surface area contributed by atoms with E-state index in [0.29, 0.717) is 34.2 Å². The van der Waals surface area contributed by atoms with Crippen molar-refractivity contribution in [3.05, 3.63) is 70.4 Å². The van der Waals surface area contributed by atoms with Gasteiger partial charge < -0.3 is 14.4 Å². The first-order valence-corrected chi connectivity index (χ1v) is 14.8. The van der Waals surface area contributed by atoms with Crippen molar-refractivity contribution in [2.75, 3.05) is 25.1 Å². The van der Waals surface area contributed by atoms with Crippen LogP contribution in [-0.4, -0.2) is 62.4 Å². The van der Waals surface area contributed by atoms with Gasteiger partial charge in [0.05, 0.1) is 36.6 Å². The molecule has 6 rings (SSSR count). The lowest BCUT2D eigenvalue weighted by atomic mass is 9.97. The highest BCUT2D eigenvalue weighted by Crippen LogP contribution is 2.40. The second-order valence-corrected chi connectivity index (χ2v) is 11.6. The Morgan fingerprint density at radius 1 is 1.04 bits per heavy atom. The van der Waals surface area contributed by atoms with Crippen molar-refractivity contribution in [3.8, 4) is 28.1 Å². The summed E-state index contributed by atoms with van der Waals surface area (Å²) < 4.78 is 52.2. The molecule has 0 saturated carbocycles. The van der Waals surface area contributed by atoms with Crippen LogP contribution in [0.1, 0.15) is 59.6 Å². The van der Waals surface area contributed by atoms with Gasteiger partial charge in [-0.15, -0.1) is 0 Å². The number of ether oxygens (including phenoxy) is 2. The van der Waals surface area contributed by atoms with Gasteiger partial charge in [-0.25, -0.2) is 19.7 Å². The van der Waals surface area contributed by atoms with E-state index in [4.69, 9.17) is 14.5 Å². The fourth-order valence-electron chi connectivity index (χ4n) is 6.20. The van der Waals surface area contributed by atoms with Crippen molar-refractivity contribution in [3.63, 3.8) is 0 Å². The van der Waals surface area contributed by atoms with Crippen molar-refractivity contribution < 1.29 is 27.4 Å². The molecule has 10 nitrogen and oxygen atoms in total. The highest BCUT2D eigenvalue weighted by molar-refractivity contribution is 5.79. The molecule has 3 aromatic heterocycles. The van der Waals surface area contributed by atoms with E-state index in [9.17, 15) is 18.0 Å². The van der Waals surface area contributed by atoms with Crippen molar-refractivity contribution >= 4 is 12.0 Å². The molecule has 2 aliphatic heterocycles. The lowest BCUT2D eigenvalue weighted by molar-refractivity contribution is -0.137. The maximum absolute atomic E-state index is 13.6. The Hall–Kier alpha value is -4.68. The molecule has 0 spiro atoms. The fraction of sp³-hybridized carbons (Fsp3) is 0.406. The second kappa shape index (κ2) is 11.7. The van der Waals surface area contributed by atoms with Gasteiger partial charge in [0, 0.05) is 53.4 Å². The Kier molecular flexibility index (Phi) is 7.88. The minimum atomic E-state index is -4.52. The zero-order valence-corrected chi connectivity index (χ0v) is 25.7. The van der Waals surface area contributed by atoms with Crippen LogP contribution in [0.5, 0.6) is 5.88 Å². The highest BCUT2D eigenvalue weighted by atomic mass is 19.4. The number of hydrogen-bond acceptors (Lipinski definition) is 8. The first-order chi connectivity index (χ1) is 21.4. The maximum Gasteiger partial charge on any atom is 0.416 e. The summed E-state index contributed by atoms with van der Waals surface area (Å²) >= 11 is 0. The third-order valence-corrected chi connectivity index (χ3v) is 8.46. The second-order valence-electron chi connectivity index (χ2n) is 11.6. The molecule has 1 N–H and O–H groups in total. The van der Waals surface area contributed by atoms with Gasteiger partial charge in [-0.05, 0) is 64.3 Å². The predicted molar refractivity (Wildman–Crippen MR) is 161 cm³/mol. The SMILES string of the molecule is COc1ncc(-c2c(C)n[nH]c2C)cc1-c1cnc(N2CCCC2)nc1CN1C(=O)O[C@H](c2cc(C)cc(C(F)(F)F)c2)[C@@H]1C. The number of pyridine rings is 1. The average molecular weight is 622 g/mol. The highest BCUT2D eigenvalue weighted by Gasteiger charge is 2.42. The molecule has 45 heavy (non-hydrogen) atoms. The van der Waals surface area contributed by atoms with Gasteiger partial charge in [0.15, 0.2) is 0 Å². The number of alkyl halides is 3. The summed E-state index contributed by atoms with van der Waals surface area (Å²) in [7, 11) is 1.53. The third kappa shape index (κ3) is 5.78. The molecule has 2 aliphatic rings. The van der Waals surface area contributed by atoms with Crippen molar-refractivity contribution in [2.45, 2.75) is 65.4 Å². The van der Waals surface area contributed by atoms with E-state index in [-0.39, 0.29) is 12.1 Å². The number of nitrogens with zero attached hydrogens (tertiary/aromatic N) is 6. The number of rotatable bonds is 7. The predicted octanol–water partition coefficient (Wildman–Crippen LogP) is 6.56. The van der Waals surface area contributed by atoms with Gasteiger partial charge in [0.1, 0.15) is 6.10 Å². The summed E-state index contributed by atoms with van der Waals surface area (Å²) in [6.45, 7) is 8.86. The zero-order valence-electron chi connectivity index (χ0n) is 25.7. The molecule has 1 amide bonds. The number of amides is 1. The van der Waals surface area contributed by atoms with Gasteiger partial charge in [0.2, 0.25) is 11.8 Å². The number of cyclic esters (lactones) is 1. The summed E-state index contributed by atoms with van der Waals surface area (Å²) in [5.41, 5.74) is 5.14. The summed E-state index contributed by atoms with van der Waals surface area (Å²) in [4.78, 5) is 31.1. The molecule has 0 bridgehead atoms. The Morgan fingerprint density at radius 2 is 1.80 bits per heavy atom. The topological polar surface area (TPSA) is 109 Å². The van der Waals surface area contributed by atoms with Crippen molar-refractivity contribution in [1.82, 2.24) is 30.0 Å². The number of H-pyrrole nitrogens is 1. The number of methoxy groups -OCH3 is 1. The van der Waals surface area contributed by atoms with E-state index in [1.165, 1.54) is 12.0 Å². The molecule has 2 atom stereocenters. The van der Waals surface area contributed by atoms with E-state index in [1.807, 2.05) is 19.9 Å². The molecular weight excluding hydrogens is 587 g/mol. The number of carbonyl (C=O) groups excluding carboxylic acids is 1. The molecule has 0 radical (unpaired) electrons. The molecule has 2 fully saturated rings. The minimum Gasteiger partial charge on any atom is -0.481 e. The third-order valence-electron chi connectivity index (χ3n) is 8.46. The molecule has 5 heterocycles. The molecule has 2 saturated heterocycles. The smallest absolute Gasteiger partial charge is 0.416 e.